The van der Waals surface area contributed by atoms with Crippen molar-refractivity contribution in [3.63, 3.8) is 0 Å². The molecule has 1 saturated heterocycles. The molecule has 18 heavy (non-hydrogen) atoms. The van der Waals surface area contributed by atoms with Crippen LogP contribution >= 0.6 is 0 Å². The zero-order valence-corrected chi connectivity index (χ0v) is 11.8. The van der Waals surface area contributed by atoms with Crippen molar-refractivity contribution >= 4 is 5.97 Å². The molecule has 2 N–H and O–H groups in total. The lowest BCUT2D eigenvalue weighted by molar-refractivity contribution is -0.153. The first kappa shape index (κ1) is 15.4. The molecule has 1 heterocycles. The molecule has 1 unspecified atom stereocenters. The van der Waals surface area contributed by atoms with Gasteiger partial charge in [-0.1, -0.05) is 13.8 Å². The molecule has 0 bridgehead atoms. The minimum absolute atomic E-state index is 0.174. The van der Waals surface area contributed by atoms with E-state index in [4.69, 9.17) is 15.2 Å². The number of hydrogen-bond donors (Lipinski definition) is 1. The second kappa shape index (κ2) is 7.07. The molecule has 0 aromatic rings. The van der Waals surface area contributed by atoms with Crippen molar-refractivity contribution in [2.45, 2.75) is 32.7 Å². The van der Waals surface area contributed by atoms with Gasteiger partial charge in [0.15, 0.2) is 0 Å². The summed E-state index contributed by atoms with van der Waals surface area (Å²) in [5.74, 6) is -0.201. The number of methoxy groups -OCH3 is 1. The third-order valence-corrected chi connectivity index (χ3v) is 3.56. The number of carbonyl (C=O) groups excluding carboxylic acids is 1. The topological polar surface area (TPSA) is 64.8 Å². The van der Waals surface area contributed by atoms with Crippen molar-refractivity contribution in [3.05, 3.63) is 0 Å². The molecule has 1 aliphatic rings. The molecule has 0 aromatic carbocycles. The Hall–Kier alpha value is -0.650. The molecular formula is C13H26N2O3. The van der Waals surface area contributed by atoms with Gasteiger partial charge in [-0.05, 0) is 31.3 Å². The molecule has 106 valence electrons. The van der Waals surface area contributed by atoms with Crippen molar-refractivity contribution in [1.29, 1.82) is 0 Å². The minimum atomic E-state index is -0.246. The summed E-state index contributed by atoms with van der Waals surface area (Å²) in [4.78, 5) is 13.8. The SMILES string of the molecule is COC(=O)C1COCCN1CCCC(C)(C)CN. The predicted molar refractivity (Wildman–Crippen MR) is 70.3 cm³/mol. The fourth-order valence-corrected chi connectivity index (χ4v) is 2.12. The van der Waals surface area contributed by atoms with Gasteiger partial charge in [0.1, 0.15) is 6.04 Å². The fourth-order valence-electron chi connectivity index (χ4n) is 2.12. The van der Waals surface area contributed by atoms with Gasteiger partial charge in [-0.25, -0.2) is 0 Å². The van der Waals surface area contributed by atoms with E-state index >= 15 is 0 Å². The molecule has 1 rings (SSSR count). The Morgan fingerprint density at radius 3 is 2.89 bits per heavy atom. The van der Waals surface area contributed by atoms with Crippen LogP contribution in [0.1, 0.15) is 26.7 Å². The van der Waals surface area contributed by atoms with Crippen molar-refractivity contribution < 1.29 is 14.3 Å². The van der Waals surface area contributed by atoms with E-state index in [9.17, 15) is 4.79 Å². The number of morpholine rings is 1. The van der Waals surface area contributed by atoms with E-state index in [1.165, 1.54) is 7.11 Å². The Morgan fingerprint density at radius 2 is 2.28 bits per heavy atom. The average molecular weight is 258 g/mol. The van der Waals surface area contributed by atoms with Crippen LogP contribution in [0.5, 0.6) is 0 Å². The number of nitrogens with two attached hydrogens (primary N) is 1. The number of carbonyl (C=O) groups is 1. The lowest BCUT2D eigenvalue weighted by atomic mass is 9.88. The maximum Gasteiger partial charge on any atom is 0.325 e. The number of hydrogen-bond acceptors (Lipinski definition) is 5. The van der Waals surface area contributed by atoms with E-state index in [-0.39, 0.29) is 17.4 Å². The van der Waals surface area contributed by atoms with E-state index in [1.54, 1.807) is 0 Å². The van der Waals surface area contributed by atoms with Gasteiger partial charge < -0.3 is 15.2 Å². The van der Waals surface area contributed by atoms with Crippen LogP contribution in [0.2, 0.25) is 0 Å². The van der Waals surface area contributed by atoms with Crippen molar-refractivity contribution in [3.8, 4) is 0 Å². The minimum Gasteiger partial charge on any atom is -0.468 e. The molecule has 0 aliphatic carbocycles. The lowest BCUT2D eigenvalue weighted by Gasteiger charge is -2.34. The summed E-state index contributed by atoms with van der Waals surface area (Å²) >= 11 is 0. The first-order valence-corrected chi connectivity index (χ1v) is 6.60. The third kappa shape index (κ3) is 4.55. The first-order chi connectivity index (χ1) is 8.50. The second-order valence-corrected chi connectivity index (χ2v) is 5.62. The van der Waals surface area contributed by atoms with Crippen molar-refractivity contribution in [2.75, 3.05) is 40.0 Å². The Balaban J connectivity index is 2.40. The molecular weight excluding hydrogens is 232 g/mol. The summed E-state index contributed by atoms with van der Waals surface area (Å²) in [5, 5.41) is 0. The summed E-state index contributed by atoms with van der Waals surface area (Å²) in [6, 6.07) is -0.246. The summed E-state index contributed by atoms with van der Waals surface area (Å²) in [6.07, 6.45) is 2.10. The number of ether oxygens (including phenoxy) is 2. The highest BCUT2D eigenvalue weighted by atomic mass is 16.5. The van der Waals surface area contributed by atoms with Gasteiger partial charge in [0, 0.05) is 6.54 Å². The quantitative estimate of drug-likeness (QED) is 0.708. The van der Waals surface area contributed by atoms with Crippen LogP contribution in [0, 0.1) is 5.41 Å². The van der Waals surface area contributed by atoms with Crippen LogP contribution in [0.4, 0.5) is 0 Å². The molecule has 0 radical (unpaired) electrons. The smallest absolute Gasteiger partial charge is 0.325 e. The predicted octanol–water partition coefficient (Wildman–Crippen LogP) is 0.625. The zero-order valence-electron chi connectivity index (χ0n) is 11.8. The maximum absolute atomic E-state index is 11.6. The largest absolute Gasteiger partial charge is 0.468 e. The van der Waals surface area contributed by atoms with Gasteiger partial charge in [0.2, 0.25) is 0 Å². The average Bonchev–Trinajstić information content (AvgIpc) is 2.38. The summed E-state index contributed by atoms with van der Waals surface area (Å²) in [7, 11) is 1.42. The van der Waals surface area contributed by atoms with E-state index in [1.807, 2.05) is 0 Å². The van der Waals surface area contributed by atoms with Crippen molar-refractivity contribution in [2.24, 2.45) is 11.1 Å². The van der Waals surface area contributed by atoms with Crippen LogP contribution in [-0.2, 0) is 14.3 Å². The Labute approximate surface area is 110 Å². The highest BCUT2D eigenvalue weighted by Gasteiger charge is 2.30. The summed E-state index contributed by atoms with van der Waals surface area (Å²) < 4.78 is 10.1. The number of nitrogens with zero attached hydrogens (tertiary/aromatic N) is 1. The van der Waals surface area contributed by atoms with Crippen LogP contribution in [0.15, 0.2) is 0 Å². The van der Waals surface area contributed by atoms with Gasteiger partial charge in [0.25, 0.3) is 0 Å². The summed E-state index contributed by atoms with van der Waals surface area (Å²) in [5.41, 5.74) is 5.89. The fraction of sp³-hybridized carbons (Fsp3) is 0.923. The third-order valence-electron chi connectivity index (χ3n) is 3.56. The lowest BCUT2D eigenvalue weighted by Crippen LogP contribution is -2.50. The van der Waals surface area contributed by atoms with Gasteiger partial charge in [-0.2, -0.15) is 0 Å². The van der Waals surface area contributed by atoms with Gasteiger partial charge in [-0.15, -0.1) is 0 Å². The van der Waals surface area contributed by atoms with Crippen molar-refractivity contribution in [1.82, 2.24) is 4.90 Å². The summed E-state index contributed by atoms with van der Waals surface area (Å²) in [6.45, 7) is 7.85. The normalized spacial score (nSPS) is 21.9. The molecule has 0 saturated carbocycles. The van der Waals surface area contributed by atoms with E-state index < -0.39 is 0 Å². The second-order valence-electron chi connectivity index (χ2n) is 5.62. The molecule has 5 heteroatoms. The molecule has 0 spiro atoms. The van der Waals surface area contributed by atoms with E-state index in [2.05, 4.69) is 18.7 Å². The highest BCUT2D eigenvalue weighted by Crippen LogP contribution is 2.21. The Bertz CT molecular complexity index is 269. The van der Waals surface area contributed by atoms with Gasteiger partial charge >= 0.3 is 5.97 Å². The van der Waals surface area contributed by atoms with Crippen LogP contribution in [0.3, 0.4) is 0 Å². The Morgan fingerprint density at radius 1 is 1.56 bits per heavy atom. The van der Waals surface area contributed by atoms with Gasteiger partial charge in [0.05, 0.1) is 20.3 Å². The van der Waals surface area contributed by atoms with Gasteiger partial charge in [-0.3, -0.25) is 9.69 Å². The molecule has 5 nitrogen and oxygen atoms in total. The molecule has 1 atom stereocenters. The highest BCUT2D eigenvalue weighted by molar-refractivity contribution is 5.75. The standard InChI is InChI=1S/C13H26N2O3/c1-13(2,10-14)5-4-6-15-7-8-18-9-11(15)12(16)17-3/h11H,4-10,14H2,1-3H3. The molecule has 0 amide bonds. The first-order valence-electron chi connectivity index (χ1n) is 6.60. The zero-order chi connectivity index (χ0) is 13.6. The number of esters is 1. The van der Waals surface area contributed by atoms with Crippen LogP contribution in [0.25, 0.3) is 0 Å². The van der Waals surface area contributed by atoms with Crippen LogP contribution in [-0.4, -0.2) is 56.9 Å². The molecule has 1 fully saturated rings. The molecule has 1 aliphatic heterocycles. The van der Waals surface area contributed by atoms with E-state index in [0.717, 1.165) is 25.9 Å². The number of rotatable bonds is 6. The Kier molecular flexibility index (Phi) is 6.05. The molecule has 0 aromatic heterocycles. The van der Waals surface area contributed by atoms with Crippen LogP contribution < -0.4 is 5.73 Å². The van der Waals surface area contributed by atoms with E-state index in [0.29, 0.717) is 19.8 Å². The monoisotopic (exact) mass is 258 g/mol. The maximum atomic E-state index is 11.6.